The van der Waals surface area contributed by atoms with Gasteiger partial charge in [-0.2, -0.15) is 4.98 Å². The fourth-order valence-electron chi connectivity index (χ4n) is 3.51. The van der Waals surface area contributed by atoms with Crippen LogP contribution in [0.3, 0.4) is 0 Å². The summed E-state index contributed by atoms with van der Waals surface area (Å²) in [6.45, 7) is 0.937. The zero-order chi connectivity index (χ0) is 17.2. The van der Waals surface area contributed by atoms with Gasteiger partial charge in [-0.1, -0.05) is 0 Å². The van der Waals surface area contributed by atoms with Crippen LogP contribution in [0.15, 0.2) is 10.5 Å². The fraction of sp³-hybridized carbons (Fsp3) is 0.357. The van der Waals surface area contributed by atoms with E-state index in [-0.39, 0.29) is 22.9 Å². The minimum atomic E-state index is -0.905. The molecule has 10 heteroatoms. The molecule has 2 fully saturated rings. The van der Waals surface area contributed by atoms with Crippen LogP contribution in [0, 0.1) is 9.39 Å². The summed E-state index contributed by atoms with van der Waals surface area (Å²) >= 11 is 11.3. The zero-order valence-electron chi connectivity index (χ0n) is 12.0. The van der Waals surface area contributed by atoms with Gasteiger partial charge in [0.2, 0.25) is 5.28 Å². The number of carbonyl (C=O) groups is 1. The topological polar surface area (TPSA) is 69.6 Å². The Morgan fingerprint density at radius 1 is 1.42 bits per heavy atom. The van der Waals surface area contributed by atoms with Crippen LogP contribution in [0.1, 0.15) is 6.42 Å². The molecule has 0 spiro atoms. The van der Waals surface area contributed by atoms with E-state index in [1.807, 2.05) is 33.6 Å². The van der Waals surface area contributed by atoms with E-state index in [9.17, 15) is 14.3 Å². The van der Waals surface area contributed by atoms with Gasteiger partial charge in [-0.05, 0) is 62.6 Å². The minimum Gasteiger partial charge on any atom is -0.465 e. The lowest BCUT2D eigenvalue weighted by Crippen LogP contribution is -2.48. The second kappa shape index (κ2) is 5.80. The number of rotatable bonds is 1. The summed E-state index contributed by atoms with van der Waals surface area (Å²) in [5, 5.41) is 9.77. The first-order chi connectivity index (χ1) is 11.4. The Labute approximate surface area is 163 Å². The van der Waals surface area contributed by atoms with Gasteiger partial charge < -0.3 is 14.9 Å². The molecule has 1 aromatic heterocycles. The van der Waals surface area contributed by atoms with Gasteiger partial charge in [-0.3, -0.25) is 0 Å². The molecule has 2 aromatic rings. The van der Waals surface area contributed by atoms with Gasteiger partial charge in [0.05, 0.1) is 16.6 Å². The number of likely N-dealkylation sites (tertiary alicyclic amines) is 1. The lowest BCUT2D eigenvalue weighted by molar-refractivity contribution is 0.137. The summed E-state index contributed by atoms with van der Waals surface area (Å²) in [6, 6.07) is 1.76. The molecule has 2 saturated heterocycles. The maximum atomic E-state index is 14.6. The predicted octanol–water partition coefficient (Wildman–Crippen LogP) is 3.73. The second-order valence-electron chi connectivity index (χ2n) is 5.83. The molecule has 0 aliphatic carbocycles. The van der Waals surface area contributed by atoms with Gasteiger partial charge in [0.1, 0.15) is 11.3 Å². The quantitative estimate of drug-likeness (QED) is 0.348. The van der Waals surface area contributed by atoms with E-state index in [0.29, 0.717) is 32.3 Å². The predicted molar refractivity (Wildman–Crippen MR) is 99.2 cm³/mol. The van der Waals surface area contributed by atoms with E-state index in [1.54, 1.807) is 0 Å². The standard InChI is InChI=1S/C14H10BrClFIN4O2/c15-9-8(18)2-7-11(10(9)17)19-13(16)20-12(7)21-3-6-1-5(21)4-22(6)14(23)24/h2,5-6H,1,3-4H2,(H,23,24)/t5-,6-/m0/s1. The number of amides is 1. The number of benzene rings is 1. The Balaban J connectivity index is 1.83. The van der Waals surface area contributed by atoms with E-state index < -0.39 is 11.9 Å². The Morgan fingerprint density at radius 2 is 2.17 bits per heavy atom. The monoisotopic (exact) mass is 526 g/mol. The number of fused-ring (bicyclic) bond motifs is 3. The highest BCUT2D eigenvalue weighted by molar-refractivity contribution is 14.1. The summed E-state index contributed by atoms with van der Waals surface area (Å²) in [5.74, 6) is 0.0887. The maximum Gasteiger partial charge on any atom is 0.407 e. The van der Waals surface area contributed by atoms with Crippen LogP contribution in [-0.2, 0) is 0 Å². The number of carboxylic acid groups (broad SMARTS) is 1. The summed E-state index contributed by atoms with van der Waals surface area (Å²) in [7, 11) is 0. The SMILES string of the molecule is O=C(O)N1C[C@@H]2C[C@H]1CN2c1nc(Cl)nc2c(F)c(Br)c(I)cc12. The molecule has 1 amide bonds. The average Bonchev–Trinajstić information content (AvgIpc) is 3.13. The molecule has 1 N–H and O–H groups in total. The van der Waals surface area contributed by atoms with Gasteiger partial charge in [0, 0.05) is 22.0 Å². The van der Waals surface area contributed by atoms with Gasteiger partial charge in [-0.15, -0.1) is 0 Å². The van der Waals surface area contributed by atoms with Crippen LogP contribution in [0.5, 0.6) is 0 Å². The number of aromatic nitrogens is 2. The lowest BCUT2D eigenvalue weighted by Gasteiger charge is -2.34. The molecule has 3 heterocycles. The highest BCUT2D eigenvalue weighted by Crippen LogP contribution is 2.39. The van der Waals surface area contributed by atoms with E-state index in [0.717, 1.165) is 6.42 Å². The molecule has 0 radical (unpaired) electrons. The Kier molecular flexibility index (Phi) is 4.00. The summed E-state index contributed by atoms with van der Waals surface area (Å²) in [6.07, 6.45) is -0.164. The Hall–Kier alpha value is -0.940. The van der Waals surface area contributed by atoms with Crippen molar-refractivity contribution in [3.63, 3.8) is 0 Å². The summed E-state index contributed by atoms with van der Waals surface area (Å²) in [5.41, 5.74) is 0.162. The number of anilines is 1. The fourth-order valence-corrected chi connectivity index (χ4v) is 4.52. The van der Waals surface area contributed by atoms with Crippen molar-refractivity contribution in [1.82, 2.24) is 14.9 Å². The smallest absolute Gasteiger partial charge is 0.407 e. The summed E-state index contributed by atoms with van der Waals surface area (Å²) < 4.78 is 15.6. The Bertz CT molecular complexity index is 886. The average molecular weight is 528 g/mol. The molecule has 2 bridgehead atoms. The second-order valence-corrected chi connectivity index (χ2v) is 8.12. The van der Waals surface area contributed by atoms with Crippen molar-refractivity contribution in [3.8, 4) is 0 Å². The Morgan fingerprint density at radius 3 is 2.79 bits per heavy atom. The van der Waals surface area contributed by atoms with Crippen molar-refractivity contribution in [1.29, 1.82) is 0 Å². The van der Waals surface area contributed by atoms with Gasteiger partial charge in [0.25, 0.3) is 0 Å². The number of hydrogen-bond donors (Lipinski definition) is 1. The van der Waals surface area contributed by atoms with E-state index in [1.165, 1.54) is 4.90 Å². The van der Waals surface area contributed by atoms with Crippen molar-refractivity contribution in [2.75, 3.05) is 18.0 Å². The molecule has 0 saturated carbocycles. The van der Waals surface area contributed by atoms with Crippen molar-refractivity contribution < 1.29 is 14.3 Å². The lowest BCUT2D eigenvalue weighted by atomic mass is 10.2. The van der Waals surface area contributed by atoms with Crippen LogP contribution in [0.2, 0.25) is 5.28 Å². The third kappa shape index (κ3) is 2.43. The first kappa shape index (κ1) is 16.5. The molecule has 2 aliphatic rings. The largest absolute Gasteiger partial charge is 0.465 e. The molecular weight excluding hydrogens is 517 g/mol. The number of halogens is 4. The van der Waals surface area contributed by atoms with E-state index in [2.05, 4.69) is 25.9 Å². The van der Waals surface area contributed by atoms with Gasteiger partial charge >= 0.3 is 6.09 Å². The molecule has 2 aliphatic heterocycles. The third-order valence-electron chi connectivity index (χ3n) is 4.54. The number of hydrogen-bond acceptors (Lipinski definition) is 4. The van der Waals surface area contributed by atoms with Gasteiger partial charge in [0.15, 0.2) is 5.82 Å². The van der Waals surface area contributed by atoms with Crippen molar-refractivity contribution >= 4 is 72.9 Å². The van der Waals surface area contributed by atoms with Crippen molar-refractivity contribution in [3.05, 3.63) is 25.2 Å². The van der Waals surface area contributed by atoms with Crippen LogP contribution in [-0.4, -0.2) is 51.2 Å². The normalized spacial score (nSPS) is 22.7. The van der Waals surface area contributed by atoms with Crippen molar-refractivity contribution in [2.24, 2.45) is 0 Å². The molecule has 6 nitrogen and oxygen atoms in total. The van der Waals surface area contributed by atoms with E-state index >= 15 is 0 Å². The van der Waals surface area contributed by atoms with Crippen LogP contribution < -0.4 is 4.90 Å². The molecule has 4 rings (SSSR count). The van der Waals surface area contributed by atoms with Crippen molar-refractivity contribution in [2.45, 2.75) is 18.5 Å². The number of nitrogens with zero attached hydrogens (tertiary/aromatic N) is 4. The highest BCUT2D eigenvalue weighted by Gasteiger charge is 2.46. The summed E-state index contributed by atoms with van der Waals surface area (Å²) in [4.78, 5) is 23.0. The zero-order valence-corrected chi connectivity index (χ0v) is 16.5. The van der Waals surface area contributed by atoms with Crippen LogP contribution in [0.25, 0.3) is 10.9 Å². The van der Waals surface area contributed by atoms with Crippen LogP contribution in [0.4, 0.5) is 15.0 Å². The first-order valence-electron chi connectivity index (χ1n) is 7.13. The minimum absolute atomic E-state index is 0.0182. The molecule has 126 valence electrons. The third-order valence-corrected chi connectivity index (χ3v) is 7.07. The maximum absolute atomic E-state index is 14.6. The van der Waals surface area contributed by atoms with Crippen LogP contribution >= 0.6 is 50.1 Å². The van der Waals surface area contributed by atoms with E-state index in [4.69, 9.17) is 11.6 Å². The molecule has 0 unspecified atom stereocenters. The molecular formula is C14H10BrClFIN4O2. The molecule has 2 atom stereocenters. The van der Waals surface area contributed by atoms with Gasteiger partial charge in [-0.25, -0.2) is 14.2 Å². The molecule has 24 heavy (non-hydrogen) atoms. The molecule has 1 aromatic carbocycles. The first-order valence-corrected chi connectivity index (χ1v) is 9.38. The number of piperazine rings is 1. The highest BCUT2D eigenvalue weighted by atomic mass is 127.